The largest absolute Gasteiger partial charge is 0.442 e. The van der Waals surface area contributed by atoms with Crippen molar-refractivity contribution in [3.63, 3.8) is 0 Å². The van der Waals surface area contributed by atoms with Crippen molar-refractivity contribution in [3.8, 4) is 16.9 Å². The molecule has 0 radical (unpaired) electrons. The monoisotopic (exact) mass is 419 g/mol. The van der Waals surface area contributed by atoms with Crippen LogP contribution in [-0.2, 0) is 17.7 Å². The lowest BCUT2D eigenvalue weighted by molar-refractivity contribution is 0.117. The zero-order valence-corrected chi connectivity index (χ0v) is 15.9. The molecule has 3 aromatic heterocycles. The van der Waals surface area contributed by atoms with E-state index >= 15 is 4.39 Å². The van der Waals surface area contributed by atoms with Gasteiger partial charge >= 0.3 is 6.09 Å². The van der Waals surface area contributed by atoms with E-state index in [1.165, 1.54) is 22.0 Å². The van der Waals surface area contributed by atoms with Gasteiger partial charge in [0.15, 0.2) is 5.82 Å². The van der Waals surface area contributed by atoms with Crippen molar-refractivity contribution in [1.29, 1.82) is 0 Å². The molecule has 1 fully saturated rings. The molecule has 0 spiro atoms. The van der Waals surface area contributed by atoms with Crippen LogP contribution in [0.3, 0.4) is 0 Å². The summed E-state index contributed by atoms with van der Waals surface area (Å²) in [7, 11) is 0. The van der Waals surface area contributed by atoms with E-state index in [4.69, 9.17) is 4.74 Å². The fourth-order valence-electron chi connectivity index (χ4n) is 4.13. The Morgan fingerprint density at radius 1 is 1.19 bits per heavy atom. The molecule has 0 bridgehead atoms. The number of nitrogens with zero attached hydrogens (tertiary/aromatic N) is 9. The lowest BCUT2D eigenvalue weighted by Crippen LogP contribution is -2.35. The van der Waals surface area contributed by atoms with E-state index in [1.807, 2.05) is 0 Å². The Kier molecular flexibility index (Phi) is 3.78. The molecule has 12 heteroatoms. The number of rotatable bonds is 4. The van der Waals surface area contributed by atoms with Gasteiger partial charge in [-0.25, -0.2) is 18.9 Å². The number of amides is 1. The van der Waals surface area contributed by atoms with Gasteiger partial charge in [-0.05, 0) is 46.7 Å². The van der Waals surface area contributed by atoms with E-state index in [1.54, 1.807) is 41.5 Å². The Morgan fingerprint density at radius 2 is 2.13 bits per heavy atom. The van der Waals surface area contributed by atoms with Crippen molar-refractivity contribution in [2.45, 2.75) is 25.1 Å². The zero-order chi connectivity index (χ0) is 20.9. The fourth-order valence-corrected chi connectivity index (χ4v) is 4.13. The zero-order valence-electron chi connectivity index (χ0n) is 15.9. The molecule has 1 aromatic carbocycles. The normalized spacial score (nSPS) is 19.4. The van der Waals surface area contributed by atoms with Crippen LogP contribution in [-0.4, -0.2) is 58.4 Å². The number of carbonyl (C=O) groups is 1. The molecular formula is C19H14FN9O2. The topological polar surface area (TPSA) is 117 Å². The summed E-state index contributed by atoms with van der Waals surface area (Å²) < 4.78 is 23.6. The van der Waals surface area contributed by atoms with Crippen LogP contribution in [0, 0.1) is 5.82 Å². The molecule has 1 amide bonds. The number of fused-ring (bicyclic) bond motifs is 3. The fraction of sp³-hybridized carbons (Fsp3) is 0.211. The minimum atomic E-state index is -0.478. The van der Waals surface area contributed by atoms with E-state index in [9.17, 15) is 4.79 Å². The molecule has 0 saturated carbocycles. The van der Waals surface area contributed by atoms with Crippen LogP contribution in [0.4, 0.5) is 14.9 Å². The molecule has 4 aromatic rings. The number of ether oxygens (including phenoxy) is 1. The van der Waals surface area contributed by atoms with Crippen molar-refractivity contribution in [3.05, 3.63) is 60.6 Å². The van der Waals surface area contributed by atoms with Crippen LogP contribution in [0.1, 0.15) is 5.56 Å². The summed E-state index contributed by atoms with van der Waals surface area (Å²) in [6.07, 6.45) is 5.96. The van der Waals surface area contributed by atoms with Crippen molar-refractivity contribution in [2.75, 3.05) is 4.90 Å². The number of hydrogen-bond acceptors (Lipinski definition) is 8. The van der Waals surface area contributed by atoms with Gasteiger partial charge in [0.2, 0.25) is 0 Å². The maximum atomic E-state index is 15.0. The predicted molar refractivity (Wildman–Crippen MR) is 103 cm³/mol. The highest BCUT2D eigenvalue weighted by atomic mass is 19.1. The van der Waals surface area contributed by atoms with E-state index in [0.29, 0.717) is 35.6 Å². The number of tetrazole rings is 1. The van der Waals surface area contributed by atoms with Crippen LogP contribution in [0.25, 0.3) is 16.9 Å². The molecule has 5 heterocycles. The molecule has 154 valence electrons. The summed E-state index contributed by atoms with van der Waals surface area (Å²) >= 11 is 0. The molecule has 31 heavy (non-hydrogen) atoms. The highest BCUT2D eigenvalue weighted by molar-refractivity contribution is 5.94. The maximum Gasteiger partial charge on any atom is 0.415 e. The van der Waals surface area contributed by atoms with Crippen LogP contribution < -0.4 is 4.90 Å². The van der Waals surface area contributed by atoms with Gasteiger partial charge in [-0.3, -0.25) is 4.90 Å². The Balaban J connectivity index is 1.31. The van der Waals surface area contributed by atoms with Crippen LogP contribution >= 0.6 is 0 Å². The summed E-state index contributed by atoms with van der Waals surface area (Å²) in [6.45, 7) is 0.388. The first-order valence-electron chi connectivity index (χ1n) is 9.53. The van der Waals surface area contributed by atoms with Crippen molar-refractivity contribution >= 4 is 11.8 Å². The molecule has 1 unspecified atom stereocenters. The summed E-state index contributed by atoms with van der Waals surface area (Å²) in [4.78, 5) is 18.3. The summed E-state index contributed by atoms with van der Waals surface area (Å²) in [5, 5.41) is 18.7. The van der Waals surface area contributed by atoms with Crippen molar-refractivity contribution in [1.82, 2.24) is 40.2 Å². The molecule has 2 aliphatic heterocycles. The van der Waals surface area contributed by atoms with Gasteiger partial charge in [-0.2, -0.15) is 4.68 Å². The standard InChI is InChI=1S/C19H14FN9O2/c20-14-7-15-12(5-13(14)11-1-2-18(21-8-11)28-10-23-24-26-28)6-16-17(31-19(30)29(15)16)9-27-4-3-22-25-27/h1-5,7-8,10,16-17H,6,9H2/t16?,17-/m0/s1. The minimum absolute atomic E-state index is 0.221. The Labute approximate surface area is 174 Å². The lowest BCUT2D eigenvalue weighted by atomic mass is 10.00. The highest BCUT2D eigenvalue weighted by Gasteiger charge is 2.48. The molecular weight excluding hydrogens is 405 g/mol. The number of aromatic nitrogens is 8. The molecule has 2 atom stereocenters. The number of anilines is 1. The molecule has 1 saturated heterocycles. The van der Waals surface area contributed by atoms with Crippen molar-refractivity contribution in [2.24, 2.45) is 0 Å². The number of pyridine rings is 1. The summed E-state index contributed by atoms with van der Waals surface area (Å²) in [6, 6.07) is 6.41. The van der Waals surface area contributed by atoms with Gasteiger partial charge in [-0.15, -0.1) is 10.2 Å². The first-order chi connectivity index (χ1) is 15.2. The second kappa shape index (κ2) is 6.65. The number of benzene rings is 1. The van der Waals surface area contributed by atoms with E-state index in [0.717, 1.165) is 5.56 Å². The van der Waals surface area contributed by atoms with Gasteiger partial charge in [0.1, 0.15) is 18.2 Å². The Morgan fingerprint density at radius 3 is 2.87 bits per heavy atom. The van der Waals surface area contributed by atoms with E-state index in [2.05, 4.69) is 30.8 Å². The van der Waals surface area contributed by atoms with Gasteiger partial charge in [0.05, 0.1) is 24.5 Å². The van der Waals surface area contributed by atoms with Crippen molar-refractivity contribution < 1.29 is 13.9 Å². The first-order valence-corrected chi connectivity index (χ1v) is 9.53. The SMILES string of the molecule is O=C1O[C@@H](Cn2ccnn2)C2Cc3cc(-c4ccc(-n5cnnn5)nc4)c(F)cc3N12. The second-order valence-electron chi connectivity index (χ2n) is 7.31. The first kappa shape index (κ1) is 17.6. The molecule has 0 aliphatic carbocycles. The maximum absolute atomic E-state index is 15.0. The quantitative estimate of drug-likeness (QED) is 0.487. The summed E-state index contributed by atoms with van der Waals surface area (Å²) in [5.41, 5.74) is 2.45. The number of carbonyl (C=O) groups excluding carboxylic acids is 1. The molecule has 11 nitrogen and oxygen atoms in total. The molecule has 2 aliphatic rings. The Hall–Kier alpha value is -4.22. The average Bonchev–Trinajstić information content (AvgIpc) is 3.55. The number of hydrogen-bond donors (Lipinski definition) is 0. The number of cyclic esters (lactones) is 1. The highest BCUT2D eigenvalue weighted by Crippen LogP contribution is 2.42. The van der Waals surface area contributed by atoms with Crippen LogP contribution in [0.2, 0.25) is 0 Å². The molecule has 6 rings (SSSR count). The predicted octanol–water partition coefficient (Wildman–Crippen LogP) is 1.40. The third kappa shape index (κ3) is 2.83. The minimum Gasteiger partial charge on any atom is -0.442 e. The van der Waals surface area contributed by atoms with Gasteiger partial charge in [-0.1, -0.05) is 5.21 Å². The van der Waals surface area contributed by atoms with Crippen LogP contribution in [0.15, 0.2) is 49.2 Å². The van der Waals surface area contributed by atoms with Crippen LogP contribution in [0.5, 0.6) is 0 Å². The van der Waals surface area contributed by atoms with Gasteiger partial charge in [0.25, 0.3) is 0 Å². The van der Waals surface area contributed by atoms with E-state index in [-0.39, 0.29) is 6.04 Å². The van der Waals surface area contributed by atoms with Gasteiger partial charge in [0, 0.05) is 23.5 Å². The lowest BCUT2D eigenvalue weighted by Gasteiger charge is -2.16. The number of halogens is 1. The average molecular weight is 419 g/mol. The smallest absolute Gasteiger partial charge is 0.415 e. The van der Waals surface area contributed by atoms with Gasteiger partial charge < -0.3 is 4.74 Å². The molecule has 0 N–H and O–H groups in total. The third-order valence-electron chi connectivity index (χ3n) is 5.55. The third-order valence-corrected chi connectivity index (χ3v) is 5.55. The van der Waals surface area contributed by atoms with E-state index < -0.39 is 18.0 Å². The summed E-state index contributed by atoms with van der Waals surface area (Å²) in [5.74, 6) is 0.0820. The Bertz CT molecular complexity index is 1260. The second-order valence-corrected chi connectivity index (χ2v) is 7.31.